The average Bonchev–Trinajstić information content (AvgIpc) is 2.72. The second-order valence-electron chi connectivity index (χ2n) is 4.06. The van der Waals surface area contributed by atoms with Gasteiger partial charge >= 0.3 is 0 Å². The summed E-state index contributed by atoms with van der Waals surface area (Å²) in [5.74, 6) is 0.264. The van der Waals surface area contributed by atoms with Crippen molar-refractivity contribution in [3.8, 4) is 16.9 Å². The van der Waals surface area contributed by atoms with E-state index in [0.717, 1.165) is 22.0 Å². The topological polar surface area (TPSA) is 38.0 Å². The zero-order valence-electron chi connectivity index (χ0n) is 9.46. The summed E-state index contributed by atoms with van der Waals surface area (Å²) in [7, 11) is 1.87. The molecule has 0 aliphatic rings. The molecule has 0 unspecified atom stereocenters. The van der Waals surface area contributed by atoms with Crippen molar-refractivity contribution >= 4 is 10.9 Å². The molecule has 17 heavy (non-hydrogen) atoms. The summed E-state index contributed by atoms with van der Waals surface area (Å²) in [5, 5.41) is 15.1. The van der Waals surface area contributed by atoms with Crippen LogP contribution in [0.3, 0.4) is 0 Å². The maximum absolute atomic E-state index is 9.77. The second kappa shape index (κ2) is 3.63. The number of aromatic hydroxyl groups is 1. The van der Waals surface area contributed by atoms with Crippen LogP contribution >= 0.6 is 0 Å². The Bertz CT molecular complexity index is 671. The van der Waals surface area contributed by atoms with Crippen molar-refractivity contribution in [2.75, 3.05) is 0 Å². The summed E-state index contributed by atoms with van der Waals surface area (Å²) in [6.07, 6.45) is 1.83. The van der Waals surface area contributed by atoms with Crippen molar-refractivity contribution in [2.45, 2.75) is 0 Å². The molecule has 3 rings (SSSR count). The van der Waals surface area contributed by atoms with Crippen molar-refractivity contribution in [1.82, 2.24) is 9.78 Å². The number of phenolic OH excluding ortho intramolecular Hbond substituents is 1. The third-order valence-electron chi connectivity index (χ3n) is 2.94. The van der Waals surface area contributed by atoms with Gasteiger partial charge < -0.3 is 5.11 Å². The molecule has 0 spiro atoms. The van der Waals surface area contributed by atoms with E-state index in [0.29, 0.717) is 0 Å². The molecular weight excluding hydrogens is 212 g/mol. The van der Waals surface area contributed by atoms with Gasteiger partial charge in [0.05, 0.1) is 11.7 Å². The van der Waals surface area contributed by atoms with Gasteiger partial charge in [0.1, 0.15) is 5.75 Å². The van der Waals surface area contributed by atoms with E-state index in [-0.39, 0.29) is 5.75 Å². The number of nitrogens with zero attached hydrogens (tertiary/aromatic N) is 2. The lowest BCUT2D eigenvalue weighted by Crippen LogP contribution is -1.88. The van der Waals surface area contributed by atoms with Crippen molar-refractivity contribution in [2.24, 2.45) is 7.05 Å². The van der Waals surface area contributed by atoms with Crippen molar-refractivity contribution in [1.29, 1.82) is 0 Å². The van der Waals surface area contributed by atoms with Crippen molar-refractivity contribution in [3.63, 3.8) is 0 Å². The Hall–Kier alpha value is -2.29. The molecule has 0 saturated heterocycles. The fourth-order valence-corrected chi connectivity index (χ4v) is 2.09. The SMILES string of the molecule is Cn1ncc2c(-c3ccccc3)cc(O)cc21. The van der Waals surface area contributed by atoms with Crippen LogP contribution in [0.5, 0.6) is 5.75 Å². The molecule has 3 nitrogen and oxygen atoms in total. The molecule has 0 bridgehead atoms. The summed E-state index contributed by atoms with van der Waals surface area (Å²) in [6.45, 7) is 0. The number of phenols is 1. The van der Waals surface area contributed by atoms with Crippen LogP contribution in [0.4, 0.5) is 0 Å². The van der Waals surface area contributed by atoms with E-state index in [1.54, 1.807) is 16.8 Å². The predicted octanol–water partition coefficient (Wildman–Crippen LogP) is 2.95. The molecule has 1 aromatic heterocycles. The molecule has 1 heterocycles. The first-order valence-electron chi connectivity index (χ1n) is 5.46. The highest BCUT2D eigenvalue weighted by Gasteiger charge is 2.08. The minimum Gasteiger partial charge on any atom is -0.508 e. The maximum atomic E-state index is 9.77. The summed E-state index contributed by atoms with van der Waals surface area (Å²) in [6, 6.07) is 13.5. The third-order valence-corrected chi connectivity index (χ3v) is 2.94. The highest BCUT2D eigenvalue weighted by molar-refractivity contribution is 5.95. The number of benzene rings is 2. The summed E-state index contributed by atoms with van der Waals surface area (Å²) in [4.78, 5) is 0. The van der Waals surface area contributed by atoms with E-state index in [1.807, 2.05) is 43.6 Å². The van der Waals surface area contributed by atoms with E-state index < -0.39 is 0 Å². The molecule has 0 atom stereocenters. The van der Waals surface area contributed by atoms with Crippen LogP contribution in [-0.4, -0.2) is 14.9 Å². The molecule has 0 aliphatic carbocycles. The summed E-state index contributed by atoms with van der Waals surface area (Å²) >= 11 is 0. The van der Waals surface area contributed by atoms with E-state index in [2.05, 4.69) is 5.10 Å². The summed E-state index contributed by atoms with van der Waals surface area (Å²) < 4.78 is 1.77. The molecule has 1 N–H and O–H groups in total. The van der Waals surface area contributed by atoms with Gasteiger partial charge in [-0.1, -0.05) is 30.3 Å². The average molecular weight is 224 g/mol. The smallest absolute Gasteiger partial charge is 0.118 e. The molecule has 3 aromatic rings. The Balaban J connectivity index is 2.36. The number of rotatable bonds is 1. The molecular formula is C14H12N2O. The minimum atomic E-state index is 0.264. The molecule has 2 aromatic carbocycles. The lowest BCUT2D eigenvalue weighted by atomic mass is 10.0. The Kier molecular flexibility index (Phi) is 2.11. The van der Waals surface area contributed by atoms with Crippen LogP contribution < -0.4 is 0 Å². The van der Waals surface area contributed by atoms with E-state index in [4.69, 9.17) is 0 Å². The monoisotopic (exact) mass is 224 g/mol. The van der Waals surface area contributed by atoms with Gasteiger partial charge in [0.15, 0.2) is 0 Å². The number of hydrogen-bond acceptors (Lipinski definition) is 2. The van der Waals surface area contributed by atoms with Gasteiger partial charge in [-0.05, 0) is 17.2 Å². The van der Waals surface area contributed by atoms with E-state index in [9.17, 15) is 5.11 Å². The molecule has 0 amide bonds. The van der Waals surface area contributed by atoms with Crippen LogP contribution in [0.1, 0.15) is 0 Å². The van der Waals surface area contributed by atoms with Crippen molar-refractivity contribution in [3.05, 3.63) is 48.7 Å². The van der Waals surface area contributed by atoms with E-state index >= 15 is 0 Å². The first-order valence-corrected chi connectivity index (χ1v) is 5.46. The maximum Gasteiger partial charge on any atom is 0.118 e. The van der Waals surface area contributed by atoms with Gasteiger partial charge in [-0.15, -0.1) is 0 Å². The summed E-state index contributed by atoms with van der Waals surface area (Å²) in [5.41, 5.74) is 3.03. The second-order valence-corrected chi connectivity index (χ2v) is 4.06. The highest BCUT2D eigenvalue weighted by atomic mass is 16.3. The zero-order valence-corrected chi connectivity index (χ0v) is 9.46. The van der Waals surface area contributed by atoms with Crippen molar-refractivity contribution < 1.29 is 5.11 Å². The first-order chi connectivity index (χ1) is 8.25. The Labute approximate surface area is 98.9 Å². The molecule has 0 saturated carbocycles. The lowest BCUT2D eigenvalue weighted by molar-refractivity contribution is 0.476. The Morgan fingerprint density at radius 2 is 1.88 bits per heavy atom. The first kappa shape index (κ1) is 9.90. The van der Waals surface area contributed by atoms with Crippen LogP contribution in [0.2, 0.25) is 0 Å². The van der Waals surface area contributed by atoms with Gasteiger partial charge in [-0.3, -0.25) is 4.68 Å². The predicted molar refractivity (Wildman–Crippen MR) is 67.8 cm³/mol. The van der Waals surface area contributed by atoms with Gasteiger partial charge in [-0.2, -0.15) is 5.10 Å². The number of fused-ring (bicyclic) bond motifs is 1. The van der Waals surface area contributed by atoms with Gasteiger partial charge in [0.25, 0.3) is 0 Å². The van der Waals surface area contributed by atoms with Gasteiger partial charge in [0.2, 0.25) is 0 Å². The Morgan fingerprint density at radius 1 is 1.12 bits per heavy atom. The normalized spacial score (nSPS) is 10.9. The lowest BCUT2D eigenvalue weighted by Gasteiger charge is -2.05. The van der Waals surface area contributed by atoms with Crippen LogP contribution in [0.15, 0.2) is 48.7 Å². The molecule has 84 valence electrons. The quantitative estimate of drug-likeness (QED) is 0.690. The molecule has 0 fully saturated rings. The fourth-order valence-electron chi connectivity index (χ4n) is 2.09. The van der Waals surface area contributed by atoms with Crippen LogP contribution in [-0.2, 0) is 7.05 Å². The Morgan fingerprint density at radius 3 is 2.65 bits per heavy atom. The largest absolute Gasteiger partial charge is 0.508 e. The van der Waals surface area contributed by atoms with Crippen LogP contribution in [0, 0.1) is 0 Å². The number of aryl methyl sites for hydroxylation is 1. The third kappa shape index (κ3) is 1.56. The zero-order chi connectivity index (χ0) is 11.8. The molecule has 0 aliphatic heterocycles. The van der Waals surface area contributed by atoms with E-state index in [1.165, 1.54) is 0 Å². The molecule has 0 radical (unpaired) electrons. The number of hydrogen-bond donors (Lipinski definition) is 1. The fraction of sp³-hybridized carbons (Fsp3) is 0.0714. The van der Waals surface area contributed by atoms with Gasteiger partial charge in [-0.25, -0.2) is 0 Å². The minimum absolute atomic E-state index is 0.264. The standard InChI is InChI=1S/C14H12N2O/c1-16-14-8-11(17)7-12(13(14)9-15-16)10-5-3-2-4-6-10/h2-9,17H,1H3. The van der Waals surface area contributed by atoms with Crippen LogP contribution in [0.25, 0.3) is 22.0 Å². The highest BCUT2D eigenvalue weighted by Crippen LogP contribution is 2.32. The molecule has 3 heteroatoms. The number of aromatic nitrogens is 2. The van der Waals surface area contributed by atoms with Gasteiger partial charge in [0, 0.05) is 18.5 Å².